The number of rotatable bonds is 8. The molecule has 0 N–H and O–H groups in total. The van der Waals surface area contributed by atoms with Gasteiger partial charge in [0.25, 0.3) is 0 Å². The molecule has 1 aromatic heterocycles. The number of anilines is 1. The normalized spacial score (nSPS) is 13.8. The zero-order valence-corrected chi connectivity index (χ0v) is 20.8. The van der Waals surface area contributed by atoms with Gasteiger partial charge in [0, 0.05) is 19.4 Å². The van der Waals surface area contributed by atoms with Crippen molar-refractivity contribution in [2.75, 3.05) is 18.0 Å². The summed E-state index contributed by atoms with van der Waals surface area (Å²) in [5.41, 5.74) is 5.51. The van der Waals surface area contributed by atoms with E-state index in [2.05, 4.69) is 48.7 Å². The number of ether oxygens (including phenoxy) is 1. The summed E-state index contributed by atoms with van der Waals surface area (Å²) in [4.78, 5) is 5.85. The van der Waals surface area contributed by atoms with Crippen molar-refractivity contribution in [1.82, 2.24) is 9.55 Å². The minimum Gasteiger partial charge on any atom is -0.588 e. The molecule has 0 saturated heterocycles. The van der Waals surface area contributed by atoms with E-state index in [1.165, 1.54) is 11.1 Å². The molecule has 0 spiro atoms. The summed E-state index contributed by atoms with van der Waals surface area (Å²) >= 11 is -1.27. The Hall–Kier alpha value is -2.96. The summed E-state index contributed by atoms with van der Waals surface area (Å²) < 4.78 is 22.9. The van der Waals surface area contributed by atoms with Gasteiger partial charge in [0.15, 0.2) is 4.90 Å². The molecule has 5 rings (SSSR count). The van der Waals surface area contributed by atoms with Crippen LogP contribution in [-0.2, 0) is 30.7 Å². The summed E-state index contributed by atoms with van der Waals surface area (Å²) in [6, 6.07) is 22.3. The first-order chi connectivity index (χ1) is 16.5. The van der Waals surface area contributed by atoms with Gasteiger partial charge < -0.3 is 13.9 Å². The van der Waals surface area contributed by atoms with Crippen molar-refractivity contribution in [3.05, 3.63) is 83.7 Å². The van der Waals surface area contributed by atoms with Crippen molar-refractivity contribution in [3.8, 4) is 5.75 Å². The fraction of sp³-hybridized carbons (Fsp3) is 0.321. The number of nitrogens with zero attached hydrogens (tertiary/aromatic N) is 3. The van der Waals surface area contributed by atoms with Crippen LogP contribution in [0.5, 0.6) is 5.75 Å². The highest BCUT2D eigenvalue weighted by atomic mass is 32.2. The lowest BCUT2D eigenvalue weighted by atomic mass is 10.1. The van der Waals surface area contributed by atoms with E-state index in [0.717, 1.165) is 65.6 Å². The molecule has 3 aromatic carbocycles. The van der Waals surface area contributed by atoms with Crippen LogP contribution in [0.4, 0.5) is 5.69 Å². The Labute approximate surface area is 204 Å². The van der Waals surface area contributed by atoms with Crippen molar-refractivity contribution in [1.29, 1.82) is 0 Å². The maximum Gasteiger partial charge on any atom is 0.180 e. The first-order valence-corrected chi connectivity index (χ1v) is 13.0. The fourth-order valence-electron chi connectivity index (χ4n) is 4.46. The van der Waals surface area contributed by atoms with Crippen LogP contribution in [0.15, 0.2) is 71.6 Å². The Balaban J connectivity index is 1.48. The number of fused-ring (bicyclic) bond motifs is 2. The third kappa shape index (κ3) is 4.65. The zero-order chi connectivity index (χ0) is 23.7. The predicted molar refractivity (Wildman–Crippen MR) is 139 cm³/mol. The Morgan fingerprint density at radius 3 is 2.71 bits per heavy atom. The molecule has 6 heteroatoms. The molecule has 34 heavy (non-hydrogen) atoms. The summed E-state index contributed by atoms with van der Waals surface area (Å²) in [7, 11) is 1.87. The molecule has 0 bridgehead atoms. The second-order valence-corrected chi connectivity index (χ2v) is 10.8. The highest BCUT2D eigenvalue weighted by Crippen LogP contribution is 2.30. The van der Waals surface area contributed by atoms with Crippen LogP contribution in [0.3, 0.4) is 0 Å². The van der Waals surface area contributed by atoms with Crippen LogP contribution < -0.4 is 9.04 Å². The molecule has 4 aromatic rings. The number of hydrogen-bond donors (Lipinski definition) is 0. The molecule has 0 aliphatic carbocycles. The van der Waals surface area contributed by atoms with E-state index in [4.69, 9.17) is 9.72 Å². The molecular formula is C28H31N3O2S. The molecule has 0 fully saturated rings. The van der Waals surface area contributed by atoms with Crippen LogP contribution in [-0.4, -0.2) is 27.8 Å². The molecule has 0 saturated carbocycles. The van der Waals surface area contributed by atoms with Crippen molar-refractivity contribution < 1.29 is 9.29 Å². The number of imidazole rings is 1. The molecule has 176 valence electrons. The average Bonchev–Trinajstić information content (AvgIpc) is 3.45. The molecule has 1 atom stereocenters. The maximum absolute atomic E-state index is 13.1. The highest BCUT2D eigenvalue weighted by Gasteiger charge is 2.21. The summed E-state index contributed by atoms with van der Waals surface area (Å²) in [5, 5.41) is 0. The highest BCUT2D eigenvalue weighted by molar-refractivity contribution is 7.92. The molecule has 0 amide bonds. The van der Waals surface area contributed by atoms with Crippen molar-refractivity contribution in [3.63, 3.8) is 0 Å². The summed E-state index contributed by atoms with van der Waals surface area (Å²) in [6.07, 6.45) is 2.85. The fourth-order valence-corrected chi connectivity index (χ4v) is 5.47. The minimum atomic E-state index is -1.27. The zero-order valence-electron chi connectivity index (χ0n) is 20.0. The monoisotopic (exact) mass is 473 g/mol. The third-order valence-corrected chi connectivity index (χ3v) is 7.80. The number of benzene rings is 3. The van der Waals surface area contributed by atoms with Gasteiger partial charge in [-0.2, -0.15) is 4.31 Å². The van der Waals surface area contributed by atoms with E-state index in [-0.39, 0.29) is 0 Å². The minimum absolute atomic E-state index is 0.612. The summed E-state index contributed by atoms with van der Waals surface area (Å²) in [6.45, 7) is 6.21. The topological polar surface area (TPSA) is 53.3 Å². The second kappa shape index (κ2) is 9.72. The average molecular weight is 474 g/mol. The quantitative estimate of drug-likeness (QED) is 0.305. The van der Waals surface area contributed by atoms with Gasteiger partial charge in [0.1, 0.15) is 22.9 Å². The molecule has 1 aliphatic heterocycles. The van der Waals surface area contributed by atoms with Crippen LogP contribution in [0.1, 0.15) is 37.2 Å². The molecule has 1 unspecified atom stereocenters. The van der Waals surface area contributed by atoms with Crippen LogP contribution in [0.25, 0.3) is 11.0 Å². The number of aromatic nitrogens is 2. The van der Waals surface area contributed by atoms with Crippen molar-refractivity contribution >= 4 is 28.1 Å². The van der Waals surface area contributed by atoms with Crippen LogP contribution in [0.2, 0.25) is 0 Å². The van der Waals surface area contributed by atoms with E-state index in [1.807, 2.05) is 47.8 Å². The Morgan fingerprint density at radius 1 is 1.09 bits per heavy atom. The van der Waals surface area contributed by atoms with Gasteiger partial charge in [-0.3, -0.25) is 0 Å². The maximum atomic E-state index is 13.1. The molecular weight excluding hydrogens is 442 g/mol. The predicted octanol–water partition coefficient (Wildman–Crippen LogP) is 5.77. The van der Waals surface area contributed by atoms with Crippen molar-refractivity contribution in [2.45, 2.75) is 44.6 Å². The first-order valence-electron chi connectivity index (χ1n) is 11.9. The SMILES string of the molecule is CC(C)CCn1c(Cc2ccc3c(c2)CCO3)nc2cc(N(C)[S+]([O-])c3ccccc3)ccc21. The van der Waals surface area contributed by atoms with E-state index < -0.39 is 11.4 Å². The van der Waals surface area contributed by atoms with Gasteiger partial charge in [-0.25, -0.2) is 4.98 Å². The van der Waals surface area contributed by atoms with Gasteiger partial charge in [-0.05, 0) is 59.9 Å². The Bertz CT molecular complexity index is 1290. The largest absolute Gasteiger partial charge is 0.588 e. The van der Waals surface area contributed by atoms with Gasteiger partial charge in [0.05, 0.1) is 30.4 Å². The lowest BCUT2D eigenvalue weighted by Gasteiger charge is -2.21. The van der Waals surface area contributed by atoms with Gasteiger partial charge in [-0.1, -0.05) is 44.2 Å². The molecule has 1 aliphatic rings. The van der Waals surface area contributed by atoms with E-state index >= 15 is 0 Å². The number of aryl methyl sites for hydroxylation is 1. The van der Waals surface area contributed by atoms with Crippen LogP contribution >= 0.6 is 0 Å². The Morgan fingerprint density at radius 2 is 1.91 bits per heavy atom. The lowest BCUT2D eigenvalue weighted by Crippen LogP contribution is -2.26. The van der Waals surface area contributed by atoms with Gasteiger partial charge in [-0.15, -0.1) is 0 Å². The van der Waals surface area contributed by atoms with Crippen LogP contribution in [0, 0.1) is 5.92 Å². The van der Waals surface area contributed by atoms with Gasteiger partial charge >= 0.3 is 0 Å². The van der Waals surface area contributed by atoms with E-state index in [0.29, 0.717) is 5.92 Å². The summed E-state index contributed by atoms with van der Waals surface area (Å²) in [5.74, 6) is 2.69. The van der Waals surface area contributed by atoms with Crippen molar-refractivity contribution in [2.24, 2.45) is 5.92 Å². The van der Waals surface area contributed by atoms with E-state index in [1.54, 1.807) is 0 Å². The standard InChI is InChI=1S/C28H31N3O2S/c1-20(2)13-15-31-26-11-10-23(30(3)34(32)24-7-5-4-6-8-24)19-25(26)29-28(31)18-21-9-12-27-22(17-21)14-16-33-27/h4-12,17,19-20H,13-16,18H2,1-3H3. The first kappa shape index (κ1) is 22.8. The smallest absolute Gasteiger partial charge is 0.180 e. The molecule has 5 nitrogen and oxygen atoms in total. The van der Waals surface area contributed by atoms with E-state index in [9.17, 15) is 4.55 Å². The number of hydrogen-bond acceptors (Lipinski definition) is 4. The third-order valence-electron chi connectivity index (χ3n) is 6.41. The lowest BCUT2D eigenvalue weighted by molar-refractivity contribution is 0.357. The second-order valence-electron chi connectivity index (χ2n) is 9.31. The Kier molecular flexibility index (Phi) is 6.53. The van der Waals surface area contributed by atoms with Gasteiger partial charge in [0.2, 0.25) is 0 Å². The molecule has 2 heterocycles. The molecule has 0 radical (unpaired) electrons.